The second kappa shape index (κ2) is 8.27. The summed E-state index contributed by atoms with van der Waals surface area (Å²) in [5, 5.41) is 3.87. The van der Waals surface area contributed by atoms with Crippen molar-refractivity contribution in [1.29, 1.82) is 0 Å². The Kier molecular flexibility index (Phi) is 5.96. The van der Waals surface area contributed by atoms with Gasteiger partial charge in [0.2, 0.25) is 17.7 Å². The van der Waals surface area contributed by atoms with Gasteiger partial charge in [0.15, 0.2) is 0 Å². The molecule has 0 radical (unpaired) electrons. The highest BCUT2D eigenvalue weighted by Gasteiger charge is 2.33. The number of fused-ring (bicyclic) bond motifs is 1. The fourth-order valence-electron chi connectivity index (χ4n) is 3.79. The van der Waals surface area contributed by atoms with Crippen molar-refractivity contribution in [3.05, 3.63) is 36.0 Å². The first-order chi connectivity index (χ1) is 13.7. The van der Waals surface area contributed by atoms with Gasteiger partial charge in [-0.15, -0.1) is 0 Å². The van der Waals surface area contributed by atoms with E-state index in [4.69, 9.17) is 0 Å². The van der Waals surface area contributed by atoms with E-state index in [-0.39, 0.29) is 17.7 Å². The van der Waals surface area contributed by atoms with Gasteiger partial charge in [-0.3, -0.25) is 14.4 Å². The molecule has 2 heterocycles. The van der Waals surface area contributed by atoms with Gasteiger partial charge in [-0.1, -0.05) is 39.0 Å². The maximum atomic E-state index is 13.2. The van der Waals surface area contributed by atoms with Crippen molar-refractivity contribution in [2.75, 3.05) is 26.2 Å². The van der Waals surface area contributed by atoms with E-state index in [1.807, 2.05) is 56.1 Å². The van der Waals surface area contributed by atoms with Crippen LogP contribution in [0.4, 0.5) is 0 Å². The summed E-state index contributed by atoms with van der Waals surface area (Å²) in [6.45, 7) is 9.12. The molecule has 0 aliphatic carbocycles. The average Bonchev–Trinajstić information content (AvgIpc) is 3.08. The van der Waals surface area contributed by atoms with Crippen LogP contribution in [0.25, 0.3) is 10.9 Å². The summed E-state index contributed by atoms with van der Waals surface area (Å²) in [4.78, 5) is 44.2. The number of nitrogens with one attached hydrogen (secondary N) is 2. The number of benzene rings is 1. The van der Waals surface area contributed by atoms with Crippen molar-refractivity contribution >= 4 is 28.6 Å². The molecule has 1 aliphatic heterocycles. The molecule has 0 bridgehead atoms. The SMILES string of the molecule is CC(=O)NC(Cc1c[nH]c2ccccc12)C(=O)N1CCN(C(=O)C(C)(C)C)CC1. The van der Waals surface area contributed by atoms with Crippen LogP contribution in [0.5, 0.6) is 0 Å². The molecule has 1 aliphatic rings. The van der Waals surface area contributed by atoms with E-state index in [9.17, 15) is 14.4 Å². The first-order valence-corrected chi connectivity index (χ1v) is 10.1. The first-order valence-electron chi connectivity index (χ1n) is 10.1. The van der Waals surface area contributed by atoms with Gasteiger partial charge in [0.1, 0.15) is 6.04 Å². The molecule has 2 N–H and O–H groups in total. The monoisotopic (exact) mass is 398 g/mol. The number of hydrogen-bond donors (Lipinski definition) is 2. The number of carbonyl (C=O) groups excluding carboxylic acids is 3. The summed E-state index contributed by atoms with van der Waals surface area (Å²) in [6.07, 6.45) is 2.32. The normalized spacial score (nSPS) is 16.0. The Morgan fingerprint density at radius 2 is 1.69 bits per heavy atom. The molecule has 29 heavy (non-hydrogen) atoms. The standard InChI is InChI=1S/C22H30N4O3/c1-15(27)24-19(13-16-14-23-18-8-6-5-7-17(16)18)20(28)25-9-11-26(12-10-25)21(29)22(2,3)4/h5-8,14,19,23H,9-13H2,1-4H3,(H,24,27). The van der Waals surface area contributed by atoms with Crippen LogP contribution in [0, 0.1) is 5.41 Å². The molecule has 7 nitrogen and oxygen atoms in total. The molecule has 1 aromatic heterocycles. The zero-order chi connectivity index (χ0) is 21.2. The van der Waals surface area contributed by atoms with Gasteiger partial charge < -0.3 is 20.1 Å². The average molecular weight is 399 g/mol. The smallest absolute Gasteiger partial charge is 0.245 e. The van der Waals surface area contributed by atoms with Gasteiger partial charge in [-0.2, -0.15) is 0 Å². The quantitative estimate of drug-likeness (QED) is 0.825. The van der Waals surface area contributed by atoms with Crippen molar-refractivity contribution in [3.63, 3.8) is 0 Å². The van der Waals surface area contributed by atoms with Gasteiger partial charge in [-0.25, -0.2) is 0 Å². The summed E-state index contributed by atoms with van der Waals surface area (Å²) >= 11 is 0. The van der Waals surface area contributed by atoms with Crippen molar-refractivity contribution in [2.24, 2.45) is 5.41 Å². The molecule has 1 unspecified atom stereocenters. The zero-order valence-corrected chi connectivity index (χ0v) is 17.6. The minimum Gasteiger partial charge on any atom is -0.361 e. The molecule has 0 spiro atoms. The molecule has 1 fully saturated rings. The van der Waals surface area contributed by atoms with Crippen LogP contribution in [0.2, 0.25) is 0 Å². The Morgan fingerprint density at radius 3 is 2.31 bits per heavy atom. The lowest BCUT2D eigenvalue weighted by molar-refractivity contribution is -0.145. The Morgan fingerprint density at radius 1 is 1.07 bits per heavy atom. The molecule has 1 atom stereocenters. The van der Waals surface area contributed by atoms with E-state index in [0.717, 1.165) is 16.5 Å². The van der Waals surface area contributed by atoms with Crippen LogP contribution < -0.4 is 5.32 Å². The highest BCUT2D eigenvalue weighted by molar-refractivity contribution is 5.89. The van der Waals surface area contributed by atoms with Crippen LogP contribution in [0.1, 0.15) is 33.3 Å². The number of piperazine rings is 1. The molecule has 3 amide bonds. The predicted molar refractivity (Wildman–Crippen MR) is 112 cm³/mol. The lowest BCUT2D eigenvalue weighted by atomic mass is 9.94. The van der Waals surface area contributed by atoms with E-state index in [2.05, 4.69) is 10.3 Å². The third-order valence-electron chi connectivity index (χ3n) is 5.29. The summed E-state index contributed by atoms with van der Waals surface area (Å²) in [5.74, 6) is -0.236. The Bertz CT molecular complexity index is 904. The summed E-state index contributed by atoms with van der Waals surface area (Å²) < 4.78 is 0. The van der Waals surface area contributed by atoms with Crippen LogP contribution in [-0.2, 0) is 20.8 Å². The van der Waals surface area contributed by atoms with Gasteiger partial charge in [0, 0.05) is 62.0 Å². The second-order valence-electron chi connectivity index (χ2n) is 8.68. The Balaban J connectivity index is 1.70. The van der Waals surface area contributed by atoms with E-state index in [1.54, 1.807) is 4.90 Å². The number of aromatic amines is 1. The number of hydrogen-bond acceptors (Lipinski definition) is 3. The number of carbonyl (C=O) groups is 3. The first kappa shape index (κ1) is 20.9. The molecule has 3 rings (SSSR count). The fourth-order valence-corrected chi connectivity index (χ4v) is 3.79. The number of aromatic nitrogens is 1. The largest absolute Gasteiger partial charge is 0.361 e. The van der Waals surface area contributed by atoms with Crippen molar-refractivity contribution < 1.29 is 14.4 Å². The van der Waals surface area contributed by atoms with Gasteiger partial charge in [0.25, 0.3) is 0 Å². The molecule has 7 heteroatoms. The van der Waals surface area contributed by atoms with Crippen LogP contribution in [0.3, 0.4) is 0 Å². The van der Waals surface area contributed by atoms with E-state index < -0.39 is 11.5 Å². The maximum absolute atomic E-state index is 13.2. The van der Waals surface area contributed by atoms with Crippen LogP contribution in [0.15, 0.2) is 30.5 Å². The molecule has 156 valence electrons. The molecular weight excluding hydrogens is 368 g/mol. The van der Waals surface area contributed by atoms with Crippen molar-refractivity contribution in [3.8, 4) is 0 Å². The molecular formula is C22H30N4O3. The third-order valence-corrected chi connectivity index (χ3v) is 5.29. The summed E-state index contributed by atoms with van der Waals surface area (Å²) in [5.41, 5.74) is 1.57. The van der Waals surface area contributed by atoms with E-state index in [0.29, 0.717) is 32.6 Å². The fraction of sp³-hybridized carbons (Fsp3) is 0.500. The van der Waals surface area contributed by atoms with Gasteiger partial charge in [0.05, 0.1) is 0 Å². The minimum absolute atomic E-state index is 0.0989. The topological polar surface area (TPSA) is 85.5 Å². The number of para-hydroxylation sites is 1. The van der Waals surface area contributed by atoms with E-state index >= 15 is 0 Å². The van der Waals surface area contributed by atoms with Crippen LogP contribution in [-0.4, -0.2) is 64.7 Å². The second-order valence-corrected chi connectivity index (χ2v) is 8.68. The third kappa shape index (κ3) is 4.78. The maximum Gasteiger partial charge on any atom is 0.245 e. The Hall–Kier alpha value is -2.83. The Labute approximate surface area is 171 Å². The van der Waals surface area contributed by atoms with E-state index in [1.165, 1.54) is 6.92 Å². The predicted octanol–water partition coefficient (Wildman–Crippen LogP) is 1.93. The number of nitrogens with zero attached hydrogens (tertiary/aromatic N) is 2. The summed E-state index contributed by atoms with van der Waals surface area (Å²) in [6, 6.07) is 7.28. The number of amides is 3. The van der Waals surface area contributed by atoms with Crippen LogP contribution >= 0.6 is 0 Å². The lowest BCUT2D eigenvalue weighted by Crippen LogP contribution is -2.57. The molecule has 2 aromatic rings. The molecule has 1 aromatic carbocycles. The highest BCUT2D eigenvalue weighted by atomic mass is 16.2. The number of H-pyrrole nitrogens is 1. The lowest BCUT2D eigenvalue weighted by Gasteiger charge is -2.38. The zero-order valence-electron chi connectivity index (χ0n) is 17.6. The highest BCUT2D eigenvalue weighted by Crippen LogP contribution is 2.21. The summed E-state index contributed by atoms with van der Waals surface area (Å²) in [7, 11) is 0. The molecule has 1 saturated heterocycles. The van der Waals surface area contributed by atoms with Crippen molar-refractivity contribution in [2.45, 2.75) is 40.2 Å². The van der Waals surface area contributed by atoms with Gasteiger partial charge in [-0.05, 0) is 11.6 Å². The number of rotatable bonds is 4. The van der Waals surface area contributed by atoms with Crippen molar-refractivity contribution in [1.82, 2.24) is 20.1 Å². The van der Waals surface area contributed by atoms with Gasteiger partial charge >= 0.3 is 0 Å². The minimum atomic E-state index is -0.628. The molecule has 0 saturated carbocycles.